The molecule has 118 valence electrons. The van der Waals surface area contributed by atoms with Gasteiger partial charge in [-0.15, -0.1) is 0 Å². The lowest BCUT2D eigenvalue weighted by Gasteiger charge is -2.36. The number of hydrogen-bond donors (Lipinski definition) is 1. The second-order valence-electron chi connectivity index (χ2n) is 5.70. The summed E-state index contributed by atoms with van der Waals surface area (Å²) < 4.78 is 6.87. The van der Waals surface area contributed by atoms with E-state index in [1.165, 1.54) is 0 Å². The van der Waals surface area contributed by atoms with Gasteiger partial charge in [0.1, 0.15) is 5.56 Å². The number of piperidine rings is 1. The zero-order valence-corrected chi connectivity index (χ0v) is 13.2. The van der Waals surface area contributed by atoms with Crippen LogP contribution in [-0.4, -0.2) is 46.4 Å². The smallest absolute Gasteiger partial charge is 0.341 e. The summed E-state index contributed by atoms with van der Waals surface area (Å²) in [6, 6.07) is 0.294. The number of nitrogens with two attached hydrogens (primary N) is 1. The first-order valence-corrected chi connectivity index (χ1v) is 7.72. The van der Waals surface area contributed by atoms with Crippen LogP contribution in [0.25, 0.3) is 0 Å². The molecule has 1 aliphatic heterocycles. The van der Waals surface area contributed by atoms with Gasteiger partial charge in [-0.1, -0.05) is 13.3 Å². The molecule has 1 fully saturated rings. The molecule has 0 spiro atoms. The zero-order chi connectivity index (χ0) is 15.4. The predicted octanol–water partition coefficient (Wildman–Crippen LogP) is 1.16. The quantitative estimate of drug-likeness (QED) is 0.825. The van der Waals surface area contributed by atoms with Gasteiger partial charge < -0.3 is 10.5 Å². The van der Waals surface area contributed by atoms with Gasteiger partial charge in [0, 0.05) is 32.7 Å². The Balaban J connectivity index is 2.09. The Kier molecular flexibility index (Phi) is 5.36. The highest BCUT2D eigenvalue weighted by Gasteiger charge is 2.27. The SMILES string of the molecule is CCOC(=O)c1cnn(C)c1CN1CCC(N)C(CC)C1. The van der Waals surface area contributed by atoms with Crippen LogP contribution in [0.5, 0.6) is 0 Å². The average molecular weight is 294 g/mol. The minimum atomic E-state index is -0.290. The van der Waals surface area contributed by atoms with Crippen molar-refractivity contribution in [3.63, 3.8) is 0 Å². The van der Waals surface area contributed by atoms with Gasteiger partial charge in [-0.2, -0.15) is 5.10 Å². The van der Waals surface area contributed by atoms with Crippen LogP contribution in [-0.2, 0) is 18.3 Å². The molecule has 0 amide bonds. The number of rotatable bonds is 5. The van der Waals surface area contributed by atoms with Gasteiger partial charge in [-0.25, -0.2) is 4.79 Å². The van der Waals surface area contributed by atoms with Crippen LogP contribution in [0.15, 0.2) is 6.20 Å². The van der Waals surface area contributed by atoms with E-state index in [0.29, 0.717) is 30.7 Å². The van der Waals surface area contributed by atoms with Crippen LogP contribution >= 0.6 is 0 Å². The van der Waals surface area contributed by atoms with Crippen LogP contribution in [0.3, 0.4) is 0 Å². The van der Waals surface area contributed by atoms with Gasteiger partial charge in [-0.05, 0) is 19.3 Å². The third-order valence-corrected chi connectivity index (χ3v) is 4.33. The fourth-order valence-corrected chi connectivity index (χ4v) is 2.94. The highest BCUT2D eigenvalue weighted by molar-refractivity contribution is 5.90. The molecule has 2 unspecified atom stereocenters. The van der Waals surface area contributed by atoms with E-state index in [1.54, 1.807) is 10.9 Å². The molecule has 1 aliphatic rings. The zero-order valence-electron chi connectivity index (χ0n) is 13.2. The third kappa shape index (κ3) is 3.63. The van der Waals surface area contributed by atoms with Crippen molar-refractivity contribution in [2.75, 3.05) is 19.7 Å². The number of carbonyl (C=O) groups excluding carboxylic acids is 1. The molecule has 6 nitrogen and oxygen atoms in total. The van der Waals surface area contributed by atoms with Crippen LogP contribution in [0.4, 0.5) is 0 Å². The van der Waals surface area contributed by atoms with E-state index in [1.807, 2.05) is 14.0 Å². The largest absolute Gasteiger partial charge is 0.462 e. The molecule has 2 heterocycles. The summed E-state index contributed by atoms with van der Waals surface area (Å²) in [6.07, 6.45) is 3.69. The van der Waals surface area contributed by atoms with Crippen molar-refractivity contribution in [1.82, 2.24) is 14.7 Å². The summed E-state index contributed by atoms with van der Waals surface area (Å²) in [5.74, 6) is 0.236. The van der Waals surface area contributed by atoms with Crippen LogP contribution in [0, 0.1) is 5.92 Å². The molecule has 1 aromatic heterocycles. The molecular weight excluding hydrogens is 268 g/mol. The topological polar surface area (TPSA) is 73.4 Å². The van der Waals surface area contributed by atoms with Gasteiger partial charge in [0.25, 0.3) is 0 Å². The summed E-state index contributed by atoms with van der Waals surface area (Å²) in [5.41, 5.74) is 7.64. The number of esters is 1. The maximum Gasteiger partial charge on any atom is 0.341 e. The predicted molar refractivity (Wildman–Crippen MR) is 80.8 cm³/mol. The monoisotopic (exact) mass is 294 g/mol. The minimum absolute atomic E-state index is 0.290. The first-order chi connectivity index (χ1) is 10.1. The number of likely N-dealkylation sites (tertiary alicyclic amines) is 1. The second kappa shape index (κ2) is 7.04. The van der Waals surface area contributed by atoms with Gasteiger partial charge in [0.15, 0.2) is 0 Å². The van der Waals surface area contributed by atoms with Crippen molar-refractivity contribution in [3.8, 4) is 0 Å². The fraction of sp³-hybridized carbons (Fsp3) is 0.733. The van der Waals surface area contributed by atoms with Crippen LogP contribution in [0.2, 0.25) is 0 Å². The highest BCUT2D eigenvalue weighted by Crippen LogP contribution is 2.21. The first-order valence-electron chi connectivity index (χ1n) is 7.72. The van der Waals surface area contributed by atoms with E-state index < -0.39 is 0 Å². The molecular formula is C15H26N4O2. The Morgan fingerprint density at radius 2 is 2.29 bits per heavy atom. The van der Waals surface area contributed by atoms with Crippen LogP contribution in [0.1, 0.15) is 42.7 Å². The van der Waals surface area contributed by atoms with E-state index in [4.69, 9.17) is 10.5 Å². The second-order valence-corrected chi connectivity index (χ2v) is 5.70. The number of aryl methyl sites for hydroxylation is 1. The number of aromatic nitrogens is 2. The highest BCUT2D eigenvalue weighted by atomic mass is 16.5. The summed E-state index contributed by atoms with van der Waals surface area (Å²) in [7, 11) is 1.87. The first kappa shape index (κ1) is 16.0. The summed E-state index contributed by atoms with van der Waals surface area (Å²) >= 11 is 0. The molecule has 2 rings (SSSR count). The Hall–Kier alpha value is -1.40. The van der Waals surface area contributed by atoms with E-state index in [9.17, 15) is 4.79 Å². The van der Waals surface area contributed by atoms with Crippen molar-refractivity contribution in [3.05, 3.63) is 17.5 Å². The molecule has 1 aromatic rings. The molecule has 0 radical (unpaired) electrons. The van der Waals surface area contributed by atoms with Crippen molar-refractivity contribution in [2.24, 2.45) is 18.7 Å². The lowest BCUT2D eigenvalue weighted by molar-refractivity contribution is 0.0522. The van der Waals surface area contributed by atoms with E-state index >= 15 is 0 Å². The molecule has 6 heteroatoms. The normalized spacial score (nSPS) is 23.2. The Bertz CT molecular complexity index is 486. The molecule has 2 N–H and O–H groups in total. The van der Waals surface area contributed by atoms with Gasteiger partial charge in [0.2, 0.25) is 0 Å². The van der Waals surface area contributed by atoms with E-state index in [-0.39, 0.29) is 5.97 Å². The van der Waals surface area contributed by atoms with Crippen LogP contribution < -0.4 is 5.73 Å². The molecule has 0 bridgehead atoms. The van der Waals surface area contributed by atoms with E-state index in [0.717, 1.165) is 31.6 Å². The summed E-state index contributed by atoms with van der Waals surface area (Å²) in [5, 5.41) is 4.20. The lowest BCUT2D eigenvalue weighted by atomic mass is 9.90. The maximum absolute atomic E-state index is 12.0. The standard InChI is InChI=1S/C15H26N4O2/c1-4-11-9-19(7-6-13(11)16)10-14-12(8-17-18(14)3)15(20)21-5-2/h8,11,13H,4-7,9-10,16H2,1-3H3. The molecule has 21 heavy (non-hydrogen) atoms. The maximum atomic E-state index is 12.0. The summed E-state index contributed by atoms with van der Waals surface area (Å²) in [4.78, 5) is 14.3. The van der Waals surface area contributed by atoms with Crippen molar-refractivity contribution >= 4 is 5.97 Å². The van der Waals surface area contributed by atoms with E-state index in [2.05, 4.69) is 16.9 Å². The number of nitrogens with zero attached hydrogens (tertiary/aromatic N) is 3. The molecule has 0 aliphatic carbocycles. The Morgan fingerprint density at radius 1 is 1.52 bits per heavy atom. The lowest BCUT2D eigenvalue weighted by Crippen LogP contribution is -2.46. The average Bonchev–Trinajstić information content (AvgIpc) is 2.82. The summed E-state index contributed by atoms with van der Waals surface area (Å²) in [6.45, 7) is 7.03. The van der Waals surface area contributed by atoms with Gasteiger partial charge in [0.05, 0.1) is 18.5 Å². The Morgan fingerprint density at radius 3 is 2.95 bits per heavy atom. The fourth-order valence-electron chi connectivity index (χ4n) is 2.94. The molecule has 0 aromatic carbocycles. The van der Waals surface area contributed by atoms with Crippen molar-refractivity contribution in [1.29, 1.82) is 0 Å². The molecule has 2 atom stereocenters. The third-order valence-electron chi connectivity index (χ3n) is 4.33. The number of carbonyl (C=O) groups is 1. The molecule has 0 saturated carbocycles. The minimum Gasteiger partial charge on any atom is -0.462 e. The number of ether oxygens (including phenoxy) is 1. The Labute approximate surface area is 126 Å². The van der Waals surface area contributed by atoms with Crippen molar-refractivity contribution in [2.45, 2.75) is 39.3 Å². The van der Waals surface area contributed by atoms with Gasteiger partial charge >= 0.3 is 5.97 Å². The molecule has 1 saturated heterocycles. The van der Waals surface area contributed by atoms with Crippen molar-refractivity contribution < 1.29 is 9.53 Å². The number of hydrogen-bond acceptors (Lipinski definition) is 5. The van der Waals surface area contributed by atoms with Gasteiger partial charge in [-0.3, -0.25) is 9.58 Å².